The first-order valence-corrected chi connectivity index (χ1v) is 8.19. The number of halogens is 1. The van der Waals surface area contributed by atoms with E-state index in [1.165, 1.54) is 11.8 Å². The van der Waals surface area contributed by atoms with Crippen LogP contribution in [0.4, 0.5) is 5.69 Å². The van der Waals surface area contributed by atoms with Crippen LogP contribution in [-0.2, 0) is 16.0 Å². The van der Waals surface area contributed by atoms with Crippen molar-refractivity contribution in [3.05, 3.63) is 64.7 Å². The van der Waals surface area contributed by atoms with Gasteiger partial charge in [-0.15, -0.1) is 0 Å². The van der Waals surface area contributed by atoms with E-state index >= 15 is 0 Å². The predicted octanol–water partition coefficient (Wildman–Crippen LogP) is 3.68. The lowest BCUT2D eigenvalue weighted by molar-refractivity contribution is -0.132. The summed E-state index contributed by atoms with van der Waals surface area (Å²) in [7, 11) is 0. The van der Waals surface area contributed by atoms with E-state index in [2.05, 4.69) is 5.32 Å². The van der Waals surface area contributed by atoms with Crippen molar-refractivity contribution < 1.29 is 9.59 Å². The van der Waals surface area contributed by atoms with Crippen LogP contribution in [-0.4, -0.2) is 29.8 Å². The van der Waals surface area contributed by atoms with Gasteiger partial charge in [-0.05, 0) is 36.6 Å². The van der Waals surface area contributed by atoms with Gasteiger partial charge >= 0.3 is 0 Å². The van der Waals surface area contributed by atoms with Gasteiger partial charge in [-0.3, -0.25) is 9.59 Å². The molecule has 0 radical (unpaired) electrons. The molecule has 0 saturated carbocycles. The summed E-state index contributed by atoms with van der Waals surface area (Å²) in [5.41, 5.74) is 2.71. The highest BCUT2D eigenvalue weighted by atomic mass is 35.5. The first-order valence-electron chi connectivity index (χ1n) is 7.81. The Bertz CT molecular complexity index is 717. The van der Waals surface area contributed by atoms with Crippen molar-refractivity contribution in [1.82, 2.24) is 4.90 Å². The van der Waals surface area contributed by atoms with Gasteiger partial charge in [0.05, 0.1) is 6.54 Å². The zero-order valence-electron chi connectivity index (χ0n) is 13.9. The molecule has 0 aliphatic rings. The molecule has 2 amide bonds. The fourth-order valence-electron chi connectivity index (χ4n) is 2.30. The average molecular weight is 345 g/mol. The molecule has 0 unspecified atom stereocenters. The summed E-state index contributed by atoms with van der Waals surface area (Å²) < 4.78 is 0. The average Bonchev–Trinajstić information content (AvgIpc) is 2.55. The molecule has 1 N–H and O–H groups in total. The van der Waals surface area contributed by atoms with Crippen LogP contribution in [0.15, 0.2) is 48.5 Å². The molecular formula is C19H21ClN2O2. The number of carbonyl (C=O) groups is 2. The van der Waals surface area contributed by atoms with Crippen LogP contribution in [0.1, 0.15) is 18.1 Å². The summed E-state index contributed by atoms with van der Waals surface area (Å²) in [5, 5.41) is 3.37. The molecule has 2 rings (SSSR count). The maximum absolute atomic E-state index is 12.2. The van der Waals surface area contributed by atoms with Crippen LogP contribution >= 0.6 is 11.6 Å². The highest BCUT2D eigenvalue weighted by Gasteiger charge is 2.14. The number of hydrogen-bond acceptors (Lipinski definition) is 2. The van der Waals surface area contributed by atoms with E-state index in [9.17, 15) is 9.59 Å². The first-order chi connectivity index (χ1) is 11.5. The zero-order chi connectivity index (χ0) is 17.5. The first kappa shape index (κ1) is 18.0. The minimum absolute atomic E-state index is 0.0215. The third-order valence-corrected chi connectivity index (χ3v) is 4.16. The second-order valence-corrected chi connectivity index (χ2v) is 6.10. The minimum Gasteiger partial charge on any atom is -0.333 e. The van der Waals surface area contributed by atoms with Crippen LogP contribution in [0.25, 0.3) is 0 Å². The normalized spacial score (nSPS) is 10.3. The van der Waals surface area contributed by atoms with E-state index in [1.54, 1.807) is 12.1 Å². The Balaban J connectivity index is 1.92. The van der Waals surface area contributed by atoms with Gasteiger partial charge in [-0.2, -0.15) is 0 Å². The number of anilines is 1. The molecule has 126 valence electrons. The van der Waals surface area contributed by atoms with Gasteiger partial charge in [0.25, 0.3) is 0 Å². The lowest BCUT2D eigenvalue weighted by Crippen LogP contribution is -2.38. The Morgan fingerprint density at radius 1 is 1.12 bits per heavy atom. The van der Waals surface area contributed by atoms with Crippen molar-refractivity contribution in [3.63, 3.8) is 0 Å². The van der Waals surface area contributed by atoms with Gasteiger partial charge < -0.3 is 10.2 Å². The molecule has 2 aromatic rings. The van der Waals surface area contributed by atoms with Crippen LogP contribution in [0.5, 0.6) is 0 Å². The molecule has 0 heterocycles. The quantitative estimate of drug-likeness (QED) is 0.869. The zero-order valence-corrected chi connectivity index (χ0v) is 14.6. The van der Waals surface area contributed by atoms with Crippen LogP contribution in [0.3, 0.4) is 0 Å². The largest absolute Gasteiger partial charge is 0.333 e. The molecular weight excluding hydrogens is 324 g/mol. The number of aryl methyl sites for hydroxylation is 1. The number of nitrogens with zero attached hydrogens (tertiary/aromatic N) is 1. The van der Waals surface area contributed by atoms with Crippen LogP contribution in [0, 0.1) is 6.92 Å². The summed E-state index contributed by atoms with van der Waals surface area (Å²) in [5.74, 6) is -0.360. The molecule has 0 saturated heterocycles. The lowest BCUT2D eigenvalue weighted by atomic mass is 10.1. The van der Waals surface area contributed by atoms with E-state index in [-0.39, 0.29) is 18.4 Å². The second-order valence-electron chi connectivity index (χ2n) is 5.69. The number of amides is 2. The topological polar surface area (TPSA) is 49.4 Å². The molecule has 0 bridgehead atoms. The lowest BCUT2D eigenvalue weighted by Gasteiger charge is -2.20. The molecule has 2 aromatic carbocycles. The third kappa shape index (κ3) is 5.39. The summed E-state index contributed by atoms with van der Waals surface area (Å²) in [6.45, 7) is 3.89. The molecule has 0 aliphatic heterocycles. The highest BCUT2D eigenvalue weighted by molar-refractivity contribution is 6.31. The summed E-state index contributed by atoms with van der Waals surface area (Å²) in [6.07, 6.45) is 0.712. The number of hydrogen-bond donors (Lipinski definition) is 1. The van der Waals surface area contributed by atoms with Gasteiger partial charge in [0, 0.05) is 24.2 Å². The minimum atomic E-state index is -0.238. The number of rotatable bonds is 6. The van der Waals surface area contributed by atoms with E-state index < -0.39 is 0 Å². The SMILES string of the molecule is CC(=O)N(CCc1ccccc1)CC(=O)Nc1ccc(C)c(Cl)c1. The van der Waals surface area contributed by atoms with E-state index in [0.29, 0.717) is 23.7 Å². The molecule has 0 spiro atoms. The summed E-state index contributed by atoms with van der Waals surface area (Å²) >= 11 is 6.06. The summed E-state index contributed by atoms with van der Waals surface area (Å²) in [6, 6.07) is 15.2. The molecule has 0 atom stereocenters. The van der Waals surface area contributed by atoms with Crippen molar-refractivity contribution in [2.24, 2.45) is 0 Å². The smallest absolute Gasteiger partial charge is 0.243 e. The molecule has 0 aromatic heterocycles. The molecule has 24 heavy (non-hydrogen) atoms. The van der Waals surface area contributed by atoms with Gasteiger partial charge in [0.1, 0.15) is 0 Å². The Morgan fingerprint density at radius 2 is 1.83 bits per heavy atom. The Morgan fingerprint density at radius 3 is 2.46 bits per heavy atom. The number of nitrogens with one attached hydrogen (secondary N) is 1. The van der Waals surface area contributed by atoms with Crippen molar-refractivity contribution >= 4 is 29.1 Å². The summed E-state index contributed by atoms with van der Waals surface area (Å²) in [4.78, 5) is 25.5. The van der Waals surface area contributed by atoms with Gasteiger partial charge in [0.2, 0.25) is 11.8 Å². The van der Waals surface area contributed by atoms with Crippen molar-refractivity contribution in [3.8, 4) is 0 Å². The van der Waals surface area contributed by atoms with Crippen LogP contribution in [0.2, 0.25) is 5.02 Å². The molecule has 0 aliphatic carbocycles. The number of carbonyl (C=O) groups excluding carboxylic acids is 2. The highest BCUT2D eigenvalue weighted by Crippen LogP contribution is 2.19. The van der Waals surface area contributed by atoms with Gasteiger partial charge in [-0.1, -0.05) is 48.0 Å². The fraction of sp³-hybridized carbons (Fsp3) is 0.263. The van der Waals surface area contributed by atoms with Gasteiger partial charge in [0.15, 0.2) is 0 Å². The maximum Gasteiger partial charge on any atom is 0.243 e. The Hall–Kier alpha value is -2.33. The second kappa shape index (κ2) is 8.50. The van der Waals surface area contributed by atoms with E-state index in [0.717, 1.165) is 11.1 Å². The Kier molecular flexibility index (Phi) is 6.38. The fourth-order valence-corrected chi connectivity index (χ4v) is 2.48. The van der Waals surface area contributed by atoms with Crippen molar-refractivity contribution in [1.29, 1.82) is 0 Å². The molecule has 0 fully saturated rings. The van der Waals surface area contributed by atoms with Crippen LogP contribution < -0.4 is 5.32 Å². The van der Waals surface area contributed by atoms with Crippen molar-refractivity contribution in [2.75, 3.05) is 18.4 Å². The standard InChI is InChI=1S/C19H21ClN2O2/c1-14-8-9-17(12-18(14)20)21-19(24)13-22(15(2)23)11-10-16-6-4-3-5-7-16/h3-9,12H,10-11,13H2,1-2H3,(H,21,24). The maximum atomic E-state index is 12.2. The monoisotopic (exact) mass is 344 g/mol. The molecule has 4 nitrogen and oxygen atoms in total. The van der Waals surface area contributed by atoms with E-state index in [4.69, 9.17) is 11.6 Å². The third-order valence-electron chi connectivity index (χ3n) is 3.75. The predicted molar refractivity (Wildman–Crippen MR) is 97.2 cm³/mol. The molecule has 5 heteroatoms. The van der Waals surface area contributed by atoms with E-state index in [1.807, 2.05) is 43.3 Å². The number of benzene rings is 2. The van der Waals surface area contributed by atoms with Gasteiger partial charge in [-0.25, -0.2) is 0 Å². The Labute approximate surface area is 147 Å². The van der Waals surface area contributed by atoms with Crippen molar-refractivity contribution in [2.45, 2.75) is 20.3 Å².